The summed E-state index contributed by atoms with van der Waals surface area (Å²) in [5, 5.41) is 0. The van der Waals surface area contributed by atoms with E-state index in [-0.39, 0.29) is 12.2 Å². The average Bonchev–Trinajstić information content (AvgIpc) is 1.83. The Morgan fingerprint density at radius 3 is 1.67 bits per heavy atom. The fourth-order valence-corrected chi connectivity index (χ4v) is 2.10. The molecule has 0 aromatic rings. The maximum Gasteiger partial charge on any atom is 0.419 e. The molecule has 0 rings (SSSR count). The normalized spacial score (nSPS) is 12.9. The lowest BCUT2D eigenvalue weighted by atomic mass is 10.5. The van der Waals surface area contributed by atoms with Gasteiger partial charge < -0.3 is 0 Å². The van der Waals surface area contributed by atoms with Gasteiger partial charge in [0.1, 0.15) is 0 Å². The monoisotopic (exact) mass is 215 g/mol. The molecule has 0 saturated carbocycles. The first kappa shape index (κ1) is 12.4. The Labute approximate surface area is 78.3 Å². The summed E-state index contributed by atoms with van der Waals surface area (Å²) >= 11 is 5.23. The number of hydrogen-bond acceptors (Lipinski definition) is 3. The molecule has 0 aliphatic heterocycles. The predicted octanol–water partition coefficient (Wildman–Crippen LogP) is 2.69. The summed E-state index contributed by atoms with van der Waals surface area (Å²) in [6, 6.07) is 0. The van der Waals surface area contributed by atoms with Crippen molar-refractivity contribution in [2.75, 3.05) is 0 Å². The molecule has 74 valence electrons. The van der Waals surface area contributed by atoms with Crippen molar-refractivity contribution >= 4 is 19.5 Å². The smallest absolute Gasteiger partial charge is 0.293 e. The summed E-state index contributed by atoms with van der Waals surface area (Å²) in [4.78, 5) is 0. The van der Waals surface area contributed by atoms with Gasteiger partial charge in [0.2, 0.25) is 0 Å². The van der Waals surface area contributed by atoms with Crippen molar-refractivity contribution in [1.82, 2.24) is 4.61 Å². The van der Waals surface area contributed by atoms with E-state index in [1.54, 1.807) is 27.7 Å². The fraction of sp³-hybridized carbons (Fsp3) is 1.00. The van der Waals surface area contributed by atoms with E-state index < -0.39 is 7.75 Å². The Morgan fingerprint density at radius 1 is 1.17 bits per heavy atom. The third-order valence-electron chi connectivity index (χ3n) is 0.803. The second-order valence-electron chi connectivity index (χ2n) is 2.89. The third-order valence-corrected chi connectivity index (χ3v) is 3.03. The Hall–Kier alpha value is 0.400. The van der Waals surface area contributed by atoms with Crippen molar-refractivity contribution in [2.24, 2.45) is 0 Å². The van der Waals surface area contributed by atoms with E-state index in [9.17, 15) is 4.57 Å². The van der Waals surface area contributed by atoms with E-state index in [4.69, 9.17) is 20.8 Å². The molecule has 0 aromatic carbocycles. The van der Waals surface area contributed by atoms with E-state index in [1.165, 1.54) is 0 Å². The molecule has 0 heterocycles. The number of nitrogens with one attached hydrogen (secondary N) is 1. The highest BCUT2D eigenvalue weighted by Gasteiger charge is 2.26. The molecule has 0 spiro atoms. The minimum Gasteiger partial charge on any atom is -0.293 e. The molecule has 0 aliphatic carbocycles. The largest absolute Gasteiger partial charge is 0.419 e. The molecule has 4 nitrogen and oxygen atoms in total. The maximum absolute atomic E-state index is 11.5. The first-order valence-electron chi connectivity index (χ1n) is 3.74. The zero-order valence-electron chi connectivity index (χ0n) is 7.70. The summed E-state index contributed by atoms with van der Waals surface area (Å²) in [5.41, 5.74) is 0. The molecule has 1 N–H and O–H groups in total. The van der Waals surface area contributed by atoms with Gasteiger partial charge in [-0.15, -0.1) is 4.61 Å². The van der Waals surface area contributed by atoms with Crippen molar-refractivity contribution < 1.29 is 13.6 Å². The molecule has 0 unspecified atom stereocenters. The Bertz CT molecular complexity index is 160. The van der Waals surface area contributed by atoms with Crippen LogP contribution in [-0.4, -0.2) is 12.2 Å². The fourth-order valence-electron chi connectivity index (χ4n) is 0.620. The molecular weight excluding hydrogens is 200 g/mol. The van der Waals surface area contributed by atoms with Crippen LogP contribution in [0.1, 0.15) is 27.7 Å². The zero-order valence-corrected chi connectivity index (χ0v) is 9.35. The van der Waals surface area contributed by atoms with Gasteiger partial charge in [0.25, 0.3) is 0 Å². The van der Waals surface area contributed by atoms with E-state index in [0.717, 1.165) is 0 Å². The Balaban J connectivity index is 4.15. The number of hydrogen-bond donors (Lipinski definition) is 1. The molecule has 0 amide bonds. The van der Waals surface area contributed by atoms with Crippen LogP contribution in [0.4, 0.5) is 0 Å². The van der Waals surface area contributed by atoms with Crippen molar-refractivity contribution in [1.29, 1.82) is 0 Å². The minimum absolute atomic E-state index is 0.194. The summed E-state index contributed by atoms with van der Waals surface area (Å²) < 4.78 is 23.5. The second-order valence-corrected chi connectivity index (χ2v) is 4.98. The van der Waals surface area contributed by atoms with Gasteiger partial charge in [-0.2, -0.15) is 0 Å². The molecule has 0 fully saturated rings. The first-order chi connectivity index (χ1) is 5.39. The summed E-state index contributed by atoms with van der Waals surface area (Å²) in [5.74, 6) is 0. The average molecular weight is 216 g/mol. The van der Waals surface area contributed by atoms with Gasteiger partial charge in [0.05, 0.1) is 12.2 Å². The Morgan fingerprint density at radius 2 is 1.50 bits per heavy atom. The van der Waals surface area contributed by atoms with Crippen molar-refractivity contribution in [2.45, 2.75) is 39.9 Å². The van der Waals surface area contributed by atoms with Crippen LogP contribution in [0, 0.1) is 0 Å². The maximum atomic E-state index is 11.5. The van der Waals surface area contributed by atoms with E-state index in [1.807, 2.05) is 4.61 Å². The van der Waals surface area contributed by atoms with Crippen molar-refractivity contribution in [3.63, 3.8) is 0 Å². The van der Waals surface area contributed by atoms with E-state index in [2.05, 4.69) is 0 Å². The highest BCUT2D eigenvalue weighted by molar-refractivity contribution is 7.53. The number of rotatable bonds is 5. The first-order valence-corrected chi connectivity index (χ1v) is 5.66. The predicted molar refractivity (Wildman–Crippen MR) is 49.0 cm³/mol. The van der Waals surface area contributed by atoms with Crippen molar-refractivity contribution in [3.05, 3.63) is 0 Å². The zero-order chi connectivity index (χ0) is 9.78. The topological polar surface area (TPSA) is 47.6 Å². The van der Waals surface area contributed by atoms with Crippen LogP contribution < -0.4 is 4.61 Å². The van der Waals surface area contributed by atoms with Crippen LogP contribution in [0.2, 0.25) is 0 Å². The summed E-state index contributed by atoms with van der Waals surface area (Å²) in [6.07, 6.45) is -0.387. The molecule has 0 saturated heterocycles. The SMILES string of the molecule is CC(C)OP(=O)(NCl)OC(C)C. The third kappa shape index (κ3) is 5.12. The molecular formula is C6H15ClNO3P. The van der Waals surface area contributed by atoms with Gasteiger partial charge in [0, 0.05) is 0 Å². The van der Waals surface area contributed by atoms with Gasteiger partial charge in [-0.3, -0.25) is 9.05 Å². The van der Waals surface area contributed by atoms with Crippen LogP contribution in [0.25, 0.3) is 0 Å². The minimum atomic E-state index is -3.30. The van der Waals surface area contributed by atoms with Gasteiger partial charge in [-0.25, -0.2) is 4.57 Å². The van der Waals surface area contributed by atoms with Crippen molar-refractivity contribution in [3.8, 4) is 0 Å². The van der Waals surface area contributed by atoms with Gasteiger partial charge in [0.15, 0.2) is 0 Å². The van der Waals surface area contributed by atoms with Crippen LogP contribution in [0.5, 0.6) is 0 Å². The quantitative estimate of drug-likeness (QED) is 0.566. The summed E-state index contributed by atoms with van der Waals surface area (Å²) in [7, 11) is -3.30. The molecule has 0 bridgehead atoms. The lowest BCUT2D eigenvalue weighted by molar-refractivity contribution is 0.140. The Kier molecular flexibility index (Phi) is 5.37. The van der Waals surface area contributed by atoms with Crippen LogP contribution >= 0.6 is 19.5 Å². The summed E-state index contributed by atoms with van der Waals surface area (Å²) in [6.45, 7) is 7.02. The molecule has 0 aromatic heterocycles. The molecule has 12 heavy (non-hydrogen) atoms. The van der Waals surface area contributed by atoms with E-state index in [0.29, 0.717) is 0 Å². The molecule has 0 radical (unpaired) electrons. The van der Waals surface area contributed by atoms with Crippen LogP contribution in [-0.2, 0) is 13.6 Å². The van der Waals surface area contributed by atoms with Gasteiger partial charge in [-0.1, -0.05) is 0 Å². The molecule has 0 atom stereocenters. The standard InChI is InChI=1S/C6H15ClNO3P/c1-5(2)10-12(9,8-7)11-6(3)4/h5-6H,1-4H3,(H,8,9). The van der Waals surface area contributed by atoms with Gasteiger partial charge in [-0.05, 0) is 39.5 Å². The van der Waals surface area contributed by atoms with Gasteiger partial charge >= 0.3 is 7.75 Å². The second kappa shape index (κ2) is 5.20. The van der Waals surface area contributed by atoms with Crippen LogP contribution in [0.15, 0.2) is 0 Å². The molecule has 0 aliphatic rings. The lowest BCUT2D eigenvalue weighted by Crippen LogP contribution is -2.13. The lowest BCUT2D eigenvalue weighted by Gasteiger charge is -2.19. The van der Waals surface area contributed by atoms with Crippen LogP contribution in [0.3, 0.4) is 0 Å². The van der Waals surface area contributed by atoms with E-state index >= 15 is 0 Å². The highest BCUT2D eigenvalue weighted by atomic mass is 35.5. The highest BCUT2D eigenvalue weighted by Crippen LogP contribution is 2.46. The number of halogens is 1. The molecule has 6 heteroatoms.